The minimum atomic E-state index is 0.467. The van der Waals surface area contributed by atoms with Gasteiger partial charge in [0.2, 0.25) is 0 Å². The summed E-state index contributed by atoms with van der Waals surface area (Å²) in [7, 11) is 1.72. The standard InChI is InChI=1S/C15H22N2OS/c1-11(2)7-14-10-19-15(17-14)16-13-6-4-5-12(8-13)9-18-3/h4-6,8,11,14H,7,9-10H2,1-3H3,(H,16,17). The molecule has 0 saturated heterocycles. The monoisotopic (exact) mass is 278 g/mol. The van der Waals surface area contributed by atoms with E-state index in [0.717, 1.165) is 16.6 Å². The normalized spacial score (nSPS) is 18.7. The van der Waals surface area contributed by atoms with E-state index >= 15 is 0 Å². The summed E-state index contributed by atoms with van der Waals surface area (Å²) in [5.74, 6) is 1.80. The third kappa shape index (κ3) is 4.55. The zero-order valence-corrected chi connectivity index (χ0v) is 12.7. The van der Waals surface area contributed by atoms with Crippen LogP contribution in [0.15, 0.2) is 29.3 Å². The number of thioether (sulfide) groups is 1. The van der Waals surface area contributed by atoms with Crippen LogP contribution in [-0.4, -0.2) is 24.1 Å². The molecule has 0 amide bonds. The van der Waals surface area contributed by atoms with Gasteiger partial charge in [0.1, 0.15) is 0 Å². The highest BCUT2D eigenvalue weighted by Crippen LogP contribution is 2.24. The zero-order chi connectivity index (χ0) is 13.7. The fraction of sp³-hybridized carbons (Fsp3) is 0.533. The number of aliphatic imine (C=N–C) groups is 1. The Kier molecular flexibility index (Phi) is 5.28. The Morgan fingerprint density at radius 3 is 3.05 bits per heavy atom. The molecule has 1 aliphatic heterocycles. The maximum absolute atomic E-state index is 5.15. The second-order valence-corrected chi connectivity index (χ2v) is 6.30. The van der Waals surface area contributed by atoms with Crippen LogP contribution in [0.25, 0.3) is 0 Å². The Labute approximate surface area is 119 Å². The Morgan fingerprint density at radius 2 is 2.32 bits per heavy atom. The summed E-state index contributed by atoms with van der Waals surface area (Å²) in [4.78, 5) is 4.74. The number of nitrogens with one attached hydrogen (secondary N) is 1. The Hall–Kier alpha value is -1.00. The highest BCUT2D eigenvalue weighted by Gasteiger charge is 2.19. The van der Waals surface area contributed by atoms with Crippen molar-refractivity contribution in [2.45, 2.75) is 32.9 Å². The molecule has 1 unspecified atom stereocenters. The zero-order valence-electron chi connectivity index (χ0n) is 11.8. The molecule has 4 heteroatoms. The molecule has 19 heavy (non-hydrogen) atoms. The van der Waals surface area contributed by atoms with Gasteiger partial charge in [0.25, 0.3) is 0 Å². The first kappa shape index (κ1) is 14.4. The van der Waals surface area contributed by atoms with Crippen LogP contribution in [0.2, 0.25) is 0 Å². The molecule has 0 radical (unpaired) electrons. The summed E-state index contributed by atoms with van der Waals surface area (Å²) >= 11 is 1.81. The van der Waals surface area contributed by atoms with E-state index < -0.39 is 0 Å². The summed E-state index contributed by atoms with van der Waals surface area (Å²) in [5, 5.41) is 4.44. The predicted octanol–water partition coefficient (Wildman–Crippen LogP) is 3.76. The van der Waals surface area contributed by atoms with Crippen LogP contribution in [0.1, 0.15) is 25.8 Å². The molecule has 1 aromatic rings. The summed E-state index contributed by atoms with van der Waals surface area (Å²) in [5.41, 5.74) is 2.26. The Morgan fingerprint density at radius 1 is 1.47 bits per heavy atom. The average Bonchev–Trinajstić information content (AvgIpc) is 2.76. The van der Waals surface area contributed by atoms with Gasteiger partial charge >= 0.3 is 0 Å². The van der Waals surface area contributed by atoms with Gasteiger partial charge in [0.05, 0.1) is 12.6 Å². The minimum Gasteiger partial charge on any atom is -0.380 e. The highest BCUT2D eigenvalue weighted by atomic mass is 32.2. The lowest BCUT2D eigenvalue weighted by Gasteiger charge is -2.08. The van der Waals surface area contributed by atoms with Crippen molar-refractivity contribution in [2.75, 3.05) is 18.2 Å². The number of rotatable bonds is 5. The van der Waals surface area contributed by atoms with Crippen LogP contribution in [-0.2, 0) is 11.3 Å². The topological polar surface area (TPSA) is 33.6 Å². The molecule has 0 aliphatic carbocycles. The van der Waals surface area contributed by atoms with Crippen molar-refractivity contribution < 1.29 is 4.74 Å². The van der Waals surface area contributed by atoms with Crippen molar-refractivity contribution in [3.8, 4) is 0 Å². The maximum atomic E-state index is 5.15. The molecule has 3 nitrogen and oxygen atoms in total. The number of hydrogen-bond donors (Lipinski definition) is 1. The number of anilines is 1. The molecular formula is C15H22N2OS. The van der Waals surface area contributed by atoms with Gasteiger partial charge in [-0.3, -0.25) is 4.99 Å². The van der Waals surface area contributed by atoms with Gasteiger partial charge in [-0.05, 0) is 30.0 Å². The molecule has 104 valence electrons. The lowest BCUT2D eigenvalue weighted by atomic mass is 10.1. The second-order valence-electron chi connectivity index (χ2n) is 5.29. The summed E-state index contributed by atoms with van der Waals surface area (Å²) < 4.78 is 5.15. The smallest absolute Gasteiger partial charge is 0.161 e. The van der Waals surface area contributed by atoms with Crippen molar-refractivity contribution in [1.29, 1.82) is 0 Å². The van der Waals surface area contributed by atoms with Crippen molar-refractivity contribution in [3.05, 3.63) is 29.8 Å². The first-order valence-electron chi connectivity index (χ1n) is 6.73. The summed E-state index contributed by atoms with van der Waals surface area (Å²) in [6, 6.07) is 8.76. The SMILES string of the molecule is COCc1cccc(NC2=NC(CC(C)C)CS2)c1. The first-order valence-corrected chi connectivity index (χ1v) is 7.71. The van der Waals surface area contributed by atoms with Crippen molar-refractivity contribution in [2.24, 2.45) is 10.9 Å². The quantitative estimate of drug-likeness (QED) is 0.890. The van der Waals surface area contributed by atoms with Gasteiger partial charge in [-0.2, -0.15) is 0 Å². The van der Waals surface area contributed by atoms with Crippen molar-refractivity contribution >= 4 is 22.6 Å². The fourth-order valence-corrected chi connectivity index (χ4v) is 3.15. The molecule has 2 rings (SSSR count). The summed E-state index contributed by atoms with van der Waals surface area (Å²) in [6.07, 6.45) is 1.17. The molecule has 0 aromatic heterocycles. The molecule has 0 saturated carbocycles. The molecule has 1 aliphatic rings. The number of benzene rings is 1. The van der Waals surface area contributed by atoms with Crippen LogP contribution in [0.5, 0.6) is 0 Å². The molecule has 1 atom stereocenters. The van der Waals surface area contributed by atoms with Gasteiger partial charge < -0.3 is 10.1 Å². The number of amidine groups is 1. The van der Waals surface area contributed by atoms with Gasteiger partial charge in [-0.25, -0.2) is 0 Å². The first-order chi connectivity index (χ1) is 9.17. The van der Waals surface area contributed by atoms with E-state index in [1.54, 1.807) is 7.11 Å². The lowest BCUT2D eigenvalue weighted by molar-refractivity contribution is 0.185. The van der Waals surface area contributed by atoms with Crippen molar-refractivity contribution in [3.63, 3.8) is 0 Å². The molecular weight excluding hydrogens is 256 g/mol. The van der Waals surface area contributed by atoms with Crippen LogP contribution < -0.4 is 5.32 Å². The van der Waals surface area contributed by atoms with E-state index in [1.807, 2.05) is 17.8 Å². The molecule has 0 spiro atoms. The third-order valence-corrected chi connectivity index (χ3v) is 3.98. The van der Waals surface area contributed by atoms with Gasteiger partial charge in [0, 0.05) is 18.6 Å². The van der Waals surface area contributed by atoms with E-state index in [1.165, 1.54) is 12.0 Å². The van der Waals surface area contributed by atoms with E-state index in [2.05, 4.69) is 37.4 Å². The second kappa shape index (κ2) is 6.96. The molecule has 1 aromatic carbocycles. The van der Waals surface area contributed by atoms with E-state index in [0.29, 0.717) is 18.6 Å². The maximum Gasteiger partial charge on any atom is 0.161 e. The number of ether oxygens (including phenoxy) is 1. The highest BCUT2D eigenvalue weighted by molar-refractivity contribution is 8.14. The third-order valence-electron chi connectivity index (χ3n) is 2.95. The largest absolute Gasteiger partial charge is 0.380 e. The molecule has 1 heterocycles. The fourth-order valence-electron chi connectivity index (χ4n) is 2.18. The van der Waals surface area contributed by atoms with Crippen LogP contribution >= 0.6 is 11.8 Å². The van der Waals surface area contributed by atoms with Gasteiger partial charge in [-0.1, -0.05) is 37.7 Å². The molecule has 0 bridgehead atoms. The minimum absolute atomic E-state index is 0.467. The van der Waals surface area contributed by atoms with Crippen LogP contribution in [0.4, 0.5) is 5.69 Å². The molecule has 0 fully saturated rings. The predicted molar refractivity (Wildman–Crippen MR) is 83.9 cm³/mol. The average molecular weight is 278 g/mol. The Bertz CT molecular complexity index is 446. The number of methoxy groups -OCH3 is 1. The number of nitrogens with zero attached hydrogens (tertiary/aromatic N) is 1. The van der Waals surface area contributed by atoms with E-state index in [9.17, 15) is 0 Å². The van der Waals surface area contributed by atoms with Gasteiger partial charge in [-0.15, -0.1) is 0 Å². The number of hydrogen-bond acceptors (Lipinski definition) is 4. The van der Waals surface area contributed by atoms with Crippen LogP contribution in [0.3, 0.4) is 0 Å². The van der Waals surface area contributed by atoms with Gasteiger partial charge in [0.15, 0.2) is 5.17 Å². The van der Waals surface area contributed by atoms with Crippen LogP contribution in [0, 0.1) is 5.92 Å². The summed E-state index contributed by atoms with van der Waals surface area (Å²) in [6.45, 7) is 5.14. The molecule has 1 N–H and O–H groups in total. The Balaban J connectivity index is 1.96. The van der Waals surface area contributed by atoms with E-state index in [-0.39, 0.29) is 0 Å². The van der Waals surface area contributed by atoms with Crippen molar-refractivity contribution in [1.82, 2.24) is 0 Å². The van der Waals surface area contributed by atoms with E-state index in [4.69, 9.17) is 9.73 Å². The lowest BCUT2D eigenvalue weighted by Crippen LogP contribution is -2.08.